The number of anilines is 1. The lowest BCUT2D eigenvalue weighted by atomic mass is 9.57. The van der Waals surface area contributed by atoms with Crippen molar-refractivity contribution in [3.63, 3.8) is 0 Å². The highest BCUT2D eigenvalue weighted by molar-refractivity contribution is 5.89. The average molecular weight is 491 g/mol. The van der Waals surface area contributed by atoms with Crippen LogP contribution in [0.3, 0.4) is 0 Å². The first kappa shape index (κ1) is 23.5. The molecule has 0 unspecified atom stereocenters. The van der Waals surface area contributed by atoms with Gasteiger partial charge in [-0.25, -0.2) is 4.98 Å². The SMILES string of the molecule is Cc1cc(N2CCc3c(c(C)nn3CC34CCC(NC(=O)CCN)(CC3)CC4)C2)c2cnn(C)c2n1. The van der Waals surface area contributed by atoms with Crippen molar-refractivity contribution >= 4 is 22.6 Å². The summed E-state index contributed by atoms with van der Waals surface area (Å²) in [6.07, 6.45) is 10.0. The number of carbonyl (C=O) groups is 1. The van der Waals surface area contributed by atoms with Gasteiger partial charge in [0.1, 0.15) is 0 Å². The van der Waals surface area contributed by atoms with Crippen molar-refractivity contribution in [3.05, 3.63) is 34.9 Å². The lowest BCUT2D eigenvalue weighted by Gasteiger charge is -2.53. The minimum Gasteiger partial charge on any atom is -0.366 e. The molecule has 0 atom stereocenters. The van der Waals surface area contributed by atoms with Crippen molar-refractivity contribution in [2.75, 3.05) is 18.0 Å². The van der Waals surface area contributed by atoms with Crippen LogP contribution in [0.5, 0.6) is 0 Å². The maximum Gasteiger partial charge on any atom is 0.221 e. The molecule has 7 rings (SSSR count). The van der Waals surface area contributed by atoms with Gasteiger partial charge in [-0.05, 0) is 63.9 Å². The molecule has 4 heterocycles. The number of aromatic nitrogens is 5. The van der Waals surface area contributed by atoms with Gasteiger partial charge in [0, 0.05) is 68.6 Å². The predicted octanol–water partition coefficient (Wildman–Crippen LogP) is 2.90. The van der Waals surface area contributed by atoms with Crippen LogP contribution in [0.15, 0.2) is 12.3 Å². The molecule has 3 aliphatic carbocycles. The van der Waals surface area contributed by atoms with Crippen LogP contribution >= 0.6 is 0 Å². The molecule has 9 heteroatoms. The van der Waals surface area contributed by atoms with Crippen molar-refractivity contribution in [1.82, 2.24) is 29.9 Å². The number of nitrogens with one attached hydrogen (secondary N) is 1. The van der Waals surface area contributed by atoms with Crippen LogP contribution in [0, 0.1) is 19.3 Å². The third-order valence-corrected chi connectivity index (χ3v) is 9.15. The molecule has 3 N–H and O–H groups in total. The maximum atomic E-state index is 12.2. The Labute approximate surface area is 212 Å². The quantitative estimate of drug-likeness (QED) is 0.550. The zero-order chi connectivity index (χ0) is 25.1. The van der Waals surface area contributed by atoms with Gasteiger partial charge in [-0.15, -0.1) is 0 Å². The van der Waals surface area contributed by atoms with Gasteiger partial charge in [-0.2, -0.15) is 10.2 Å². The molecule has 2 bridgehead atoms. The predicted molar refractivity (Wildman–Crippen MR) is 140 cm³/mol. The highest BCUT2D eigenvalue weighted by Crippen LogP contribution is 2.53. The Bertz CT molecular complexity index is 1300. The summed E-state index contributed by atoms with van der Waals surface area (Å²) in [6, 6.07) is 2.19. The third kappa shape index (κ3) is 3.88. The normalized spacial score (nSPS) is 25.4. The molecule has 36 heavy (non-hydrogen) atoms. The van der Waals surface area contributed by atoms with Crippen molar-refractivity contribution < 1.29 is 4.79 Å². The largest absolute Gasteiger partial charge is 0.366 e. The summed E-state index contributed by atoms with van der Waals surface area (Å²) in [7, 11) is 1.95. The standard InChI is InChI=1S/C27H38N8O/c1-18-14-23(20-15-29-33(3)25(20)30-18)34-13-5-22-21(16-34)19(2)32-35(22)17-26-6-9-27(10-7-26,11-8-26)31-24(36)4-12-28/h14-15H,4-13,16-17,28H2,1-3H3,(H,31,36). The molecular weight excluding hydrogens is 452 g/mol. The number of nitrogens with zero attached hydrogens (tertiary/aromatic N) is 6. The molecule has 0 aromatic carbocycles. The topological polar surface area (TPSA) is 107 Å². The number of hydrogen-bond acceptors (Lipinski definition) is 6. The monoisotopic (exact) mass is 490 g/mol. The van der Waals surface area contributed by atoms with E-state index >= 15 is 0 Å². The summed E-state index contributed by atoms with van der Waals surface area (Å²) < 4.78 is 4.20. The molecule has 1 aliphatic heterocycles. The number of carbonyl (C=O) groups excluding carboxylic acids is 1. The van der Waals surface area contributed by atoms with Crippen LogP contribution in [0.4, 0.5) is 5.69 Å². The molecule has 9 nitrogen and oxygen atoms in total. The molecule has 0 radical (unpaired) electrons. The summed E-state index contributed by atoms with van der Waals surface area (Å²) in [5, 5.41) is 14.0. The Hall–Kier alpha value is -2.94. The Morgan fingerprint density at radius 3 is 2.64 bits per heavy atom. The lowest BCUT2D eigenvalue weighted by molar-refractivity contribution is -0.125. The van der Waals surface area contributed by atoms with Gasteiger partial charge in [-0.1, -0.05) is 0 Å². The van der Waals surface area contributed by atoms with Crippen LogP contribution in [0.25, 0.3) is 11.0 Å². The van der Waals surface area contributed by atoms with Gasteiger partial charge < -0.3 is 16.0 Å². The average Bonchev–Trinajstić information content (AvgIpc) is 3.38. The second-order valence-electron chi connectivity index (χ2n) is 11.5. The summed E-state index contributed by atoms with van der Waals surface area (Å²) in [5.74, 6) is 0.112. The molecule has 3 aromatic rings. The van der Waals surface area contributed by atoms with E-state index in [0.29, 0.717) is 18.4 Å². The first-order valence-electron chi connectivity index (χ1n) is 13.4. The van der Waals surface area contributed by atoms with E-state index < -0.39 is 0 Å². The van der Waals surface area contributed by atoms with Gasteiger partial charge in [0.25, 0.3) is 0 Å². The van der Waals surface area contributed by atoms with Gasteiger partial charge in [0.2, 0.25) is 5.91 Å². The fourth-order valence-electron chi connectivity index (χ4n) is 6.98. The number of pyridine rings is 1. The zero-order valence-electron chi connectivity index (χ0n) is 21.8. The summed E-state index contributed by atoms with van der Waals surface area (Å²) in [5.41, 5.74) is 13.0. The number of aryl methyl sites for hydroxylation is 3. The molecule has 3 fully saturated rings. The Morgan fingerprint density at radius 2 is 1.92 bits per heavy atom. The Balaban J connectivity index is 1.20. The maximum absolute atomic E-state index is 12.2. The summed E-state index contributed by atoms with van der Waals surface area (Å²) in [4.78, 5) is 19.4. The number of fused-ring (bicyclic) bond motifs is 5. The molecule has 3 saturated carbocycles. The molecule has 192 valence electrons. The Morgan fingerprint density at radius 1 is 1.17 bits per heavy atom. The second-order valence-corrected chi connectivity index (χ2v) is 11.5. The van der Waals surface area contributed by atoms with E-state index in [4.69, 9.17) is 15.8 Å². The molecule has 0 spiro atoms. The minimum absolute atomic E-state index is 0.00569. The van der Waals surface area contributed by atoms with E-state index in [1.165, 1.54) is 16.9 Å². The van der Waals surface area contributed by atoms with Gasteiger partial charge in [-0.3, -0.25) is 14.2 Å². The van der Waals surface area contributed by atoms with E-state index in [2.05, 4.69) is 39.9 Å². The Kier molecular flexibility index (Phi) is 5.59. The van der Waals surface area contributed by atoms with Gasteiger partial charge in [0.15, 0.2) is 5.65 Å². The van der Waals surface area contributed by atoms with E-state index in [0.717, 1.165) is 87.0 Å². The van der Waals surface area contributed by atoms with Crippen LogP contribution in [-0.4, -0.2) is 49.1 Å². The molecule has 0 saturated heterocycles. The molecular formula is C27H38N8O. The molecule has 4 aliphatic rings. The zero-order valence-corrected chi connectivity index (χ0v) is 21.8. The van der Waals surface area contributed by atoms with Crippen molar-refractivity contribution in [3.8, 4) is 0 Å². The fourth-order valence-corrected chi connectivity index (χ4v) is 6.98. The van der Waals surface area contributed by atoms with E-state index in [1.54, 1.807) is 0 Å². The first-order chi connectivity index (χ1) is 17.3. The van der Waals surface area contributed by atoms with Crippen LogP contribution in [0.1, 0.15) is 67.6 Å². The molecule has 3 aromatic heterocycles. The van der Waals surface area contributed by atoms with Gasteiger partial charge >= 0.3 is 0 Å². The lowest BCUT2D eigenvalue weighted by Crippen LogP contribution is -2.57. The number of nitrogens with two attached hydrogens (primary N) is 1. The summed E-state index contributed by atoms with van der Waals surface area (Å²) >= 11 is 0. The highest BCUT2D eigenvalue weighted by Gasteiger charge is 2.49. The first-order valence-corrected chi connectivity index (χ1v) is 13.4. The van der Waals surface area contributed by atoms with Crippen molar-refractivity contribution in [2.45, 2.75) is 83.8 Å². The number of rotatable bonds is 6. The third-order valence-electron chi connectivity index (χ3n) is 9.15. The highest BCUT2D eigenvalue weighted by atomic mass is 16.1. The van der Waals surface area contributed by atoms with Gasteiger partial charge in [0.05, 0.1) is 23.0 Å². The molecule has 1 amide bonds. The van der Waals surface area contributed by atoms with Crippen LogP contribution in [0.2, 0.25) is 0 Å². The van der Waals surface area contributed by atoms with E-state index in [9.17, 15) is 4.79 Å². The summed E-state index contributed by atoms with van der Waals surface area (Å²) in [6.45, 7) is 7.47. The fraction of sp³-hybridized carbons (Fsp3) is 0.630. The van der Waals surface area contributed by atoms with Crippen LogP contribution < -0.4 is 16.0 Å². The number of amides is 1. The minimum atomic E-state index is -0.00569. The smallest absolute Gasteiger partial charge is 0.221 e. The van der Waals surface area contributed by atoms with Crippen molar-refractivity contribution in [2.24, 2.45) is 18.2 Å². The van der Waals surface area contributed by atoms with E-state index in [-0.39, 0.29) is 11.4 Å². The van der Waals surface area contributed by atoms with Crippen LogP contribution in [-0.2, 0) is 31.4 Å². The van der Waals surface area contributed by atoms with E-state index in [1.807, 2.05) is 17.9 Å². The number of hydrogen-bond donors (Lipinski definition) is 2. The second kappa shape index (κ2) is 8.57. The van der Waals surface area contributed by atoms with Crippen molar-refractivity contribution in [1.29, 1.82) is 0 Å².